The topological polar surface area (TPSA) is 38.0 Å². The SMILES string of the molecule is NC1NC(CCl)CS1. The Balaban J connectivity index is 2.22. The molecule has 0 spiro atoms. The third-order valence-corrected chi connectivity index (χ3v) is 2.53. The van der Waals surface area contributed by atoms with E-state index in [1.807, 2.05) is 0 Å². The average molecular weight is 153 g/mol. The highest BCUT2D eigenvalue weighted by molar-refractivity contribution is 8.00. The summed E-state index contributed by atoms with van der Waals surface area (Å²) in [6.07, 6.45) is 0. The Morgan fingerprint density at radius 3 is 2.88 bits per heavy atom. The summed E-state index contributed by atoms with van der Waals surface area (Å²) in [6.45, 7) is 0. The van der Waals surface area contributed by atoms with E-state index in [2.05, 4.69) is 5.32 Å². The van der Waals surface area contributed by atoms with Crippen LogP contribution in [-0.2, 0) is 0 Å². The van der Waals surface area contributed by atoms with Gasteiger partial charge in [-0.15, -0.1) is 23.4 Å². The molecule has 0 amide bonds. The van der Waals surface area contributed by atoms with Crippen molar-refractivity contribution in [2.75, 3.05) is 11.6 Å². The van der Waals surface area contributed by atoms with Crippen molar-refractivity contribution in [1.82, 2.24) is 5.32 Å². The standard InChI is InChI=1S/C4H9ClN2S/c5-1-3-2-8-4(6)7-3/h3-4,7H,1-2,6H2. The van der Waals surface area contributed by atoms with Crippen molar-refractivity contribution in [3.63, 3.8) is 0 Å². The van der Waals surface area contributed by atoms with Crippen molar-refractivity contribution in [2.45, 2.75) is 11.5 Å². The monoisotopic (exact) mass is 152 g/mol. The number of nitrogens with one attached hydrogen (secondary N) is 1. The molecule has 0 bridgehead atoms. The smallest absolute Gasteiger partial charge is 0.103 e. The summed E-state index contributed by atoms with van der Waals surface area (Å²) in [7, 11) is 0. The first-order valence-electron chi connectivity index (χ1n) is 2.52. The fraction of sp³-hybridized carbons (Fsp3) is 1.00. The highest BCUT2D eigenvalue weighted by atomic mass is 35.5. The molecule has 8 heavy (non-hydrogen) atoms. The molecule has 48 valence electrons. The number of hydrogen-bond donors (Lipinski definition) is 2. The van der Waals surface area contributed by atoms with Gasteiger partial charge in [-0.2, -0.15) is 0 Å². The maximum absolute atomic E-state index is 5.54. The van der Waals surface area contributed by atoms with Gasteiger partial charge >= 0.3 is 0 Å². The van der Waals surface area contributed by atoms with Crippen LogP contribution >= 0.6 is 23.4 Å². The normalized spacial score (nSPS) is 38.2. The molecule has 2 atom stereocenters. The number of thioether (sulfide) groups is 1. The van der Waals surface area contributed by atoms with Crippen molar-refractivity contribution in [3.8, 4) is 0 Å². The summed E-state index contributed by atoms with van der Waals surface area (Å²) < 4.78 is 0. The lowest BCUT2D eigenvalue weighted by Crippen LogP contribution is -2.36. The van der Waals surface area contributed by atoms with Crippen LogP contribution in [0.15, 0.2) is 0 Å². The molecule has 1 heterocycles. The fourth-order valence-corrected chi connectivity index (χ4v) is 1.91. The maximum atomic E-state index is 5.54. The van der Waals surface area contributed by atoms with Crippen molar-refractivity contribution in [1.29, 1.82) is 0 Å². The zero-order valence-electron chi connectivity index (χ0n) is 4.43. The molecular formula is C4H9ClN2S. The molecule has 0 aromatic rings. The van der Waals surface area contributed by atoms with Gasteiger partial charge in [0.1, 0.15) is 5.50 Å². The molecule has 3 N–H and O–H groups in total. The van der Waals surface area contributed by atoms with Crippen molar-refractivity contribution < 1.29 is 0 Å². The molecule has 0 saturated carbocycles. The van der Waals surface area contributed by atoms with Crippen LogP contribution in [0.5, 0.6) is 0 Å². The first kappa shape index (κ1) is 6.68. The number of alkyl halides is 1. The van der Waals surface area contributed by atoms with E-state index in [1.165, 1.54) is 0 Å². The summed E-state index contributed by atoms with van der Waals surface area (Å²) in [5, 5.41) is 3.11. The van der Waals surface area contributed by atoms with Crippen LogP contribution in [0.1, 0.15) is 0 Å². The van der Waals surface area contributed by atoms with Crippen molar-refractivity contribution >= 4 is 23.4 Å². The molecule has 0 aromatic heterocycles. The third-order valence-electron chi connectivity index (χ3n) is 1.06. The summed E-state index contributed by atoms with van der Waals surface area (Å²) in [5.41, 5.74) is 5.60. The highest BCUT2D eigenvalue weighted by Gasteiger charge is 2.19. The lowest BCUT2D eigenvalue weighted by atomic mass is 10.4. The number of halogens is 1. The Morgan fingerprint density at radius 2 is 2.62 bits per heavy atom. The van der Waals surface area contributed by atoms with Gasteiger partial charge in [-0.05, 0) is 0 Å². The van der Waals surface area contributed by atoms with E-state index in [0.29, 0.717) is 11.9 Å². The number of hydrogen-bond acceptors (Lipinski definition) is 3. The van der Waals surface area contributed by atoms with E-state index in [-0.39, 0.29) is 5.50 Å². The highest BCUT2D eigenvalue weighted by Crippen LogP contribution is 2.14. The van der Waals surface area contributed by atoms with Gasteiger partial charge in [0.05, 0.1) is 0 Å². The number of rotatable bonds is 1. The van der Waals surface area contributed by atoms with Crippen molar-refractivity contribution in [3.05, 3.63) is 0 Å². The summed E-state index contributed by atoms with van der Waals surface area (Å²) in [6, 6.07) is 0.427. The molecule has 1 saturated heterocycles. The van der Waals surface area contributed by atoms with E-state index in [0.717, 1.165) is 5.75 Å². The lowest BCUT2D eigenvalue weighted by molar-refractivity contribution is 0.617. The predicted octanol–water partition coefficient (Wildman–Crippen LogP) is 0.172. The van der Waals surface area contributed by atoms with Crippen LogP contribution in [0, 0.1) is 0 Å². The van der Waals surface area contributed by atoms with E-state index < -0.39 is 0 Å². The fourth-order valence-electron chi connectivity index (χ4n) is 0.637. The Bertz CT molecular complexity index is 80.4. The molecule has 0 aliphatic carbocycles. The van der Waals surface area contributed by atoms with Gasteiger partial charge in [0, 0.05) is 17.7 Å². The first-order valence-corrected chi connectivity index (χ1v) is 4.10. The van der Waals surface area contributed by atoms with Crippen LogP contribution < -0.4 is 11.1 Å². The summed E-state index contributed by atoms with van der Waals surface area (Å²) in [4.78, 5) is 0. The van der Waals surface area contributed by atoms with Crippen molar-refractivity contribution in [2.24, 2.45) is 5.73 Å². The molecule has 1 aliphatic heterocycles. The molecule has 0 radical (unpaired) electrons. The lowest BCUT2D eigenvalue weighted by Gasteiger charge is -2.03. The van der Waals surface area contributed by atoms with E-state index in [9.17, 15) is 0 Å². The zero-order chi connectivity index (χ0) is 5.98. The largest absolute Gasteiger partial charge is 0.307 e. The van der Waals surface area contributed by atoms with Gasteiger partial charge in [-0.25, -0.2) is 0 Å². The summed E-state index contributed by atoms with van der Waals surface area (Å²) >= 11 is 7.25. The van der Waals surface area contributed by atoms with Gasteiger partial charge in [-0.1, -0.05) is 0 Å². The Hall–Kier alpha value is 0.560. The predicted molar refractivity (Wildman–Crippen MR) is 38.1 cm³/mol. The molecular weight excluding hydrogens is 144 g/mol. The van der Waals surface area contributed by atoms with Gasteiger partial charge in [0.25, 0.3) is 0 Å². The number of nitrogens with two attached hydrogens (primary N) is 1. The zero-order valence-corrected chi connectivity index (χ0v) is 6.00. The summed E-state index contributed by atoms with van der Waals surface area (Å²) in [5.74, 6) is 1.71. The van der Waals surface area contributed by atoms with Crippen LogP contribution in [0.4, 0.5) is 0 Å². The molecule has 0 aromatic carbocycles. The quantitative estimate of drug-likeness (QED) is 0.527. The van der Waals surface area contributed by atoms with E-state index >= 15 is 0 Å². The molecule has 2 nitrogen and oxygen atoms in total. The average Bonchev–Trinajstić information content (AvgIpc) is 2.14. The minimum absolute atomic E-state index is 0.110. The van der Waals surface area contributed by atoms with E-state index in [1.54, 1.807) is 11.8 Å². The minimum Gasteiger partial charge on any atom is -0.307 e. The Morgan fingerprint density at radius 1 is 1.88 bits per heavy atom. The minimum atomic E-state index is 0.110. The van der Waals surface area contributed by atoms with Crippen LogP contribution in [-0.4, -0.2) is 23.2 Å². The molecule has 1 fully saturated rings. The van der Waals surface area contributed by atoms with E-state index in [4.69, 9.17) is 17.3 Å². The Kier molecular flexibility index (Phi) is 2.43. The van der Waals surface area contributed by atoms with Gasteiger partial charge in [0.15, 0.2) is 0 Å². The van der Waals surface area contributed by atoms with Crippen LogP contribution in [0.3, 0.4) is 0 Å². The second kappa shape index (κ2) is 2.92. The van der Waals surface area contributed by atoms with Gasteiger partial charge in [0.2, 0.25) is 0 Å². The second-order valence-corrected chi connectivity index (χ2v) is 3.25. The second-order valence-electron chi connectivity index (χ2n) is 1.77. The Labute approximate surface area is 58.1 Å². The molecule has 1 aliphatic rings. The van der Waals surface area contributed by atoms with Crippen LogP contribution in [0.25, 0.3) is 0 Å². The molecule has 4 heteroatoms. The molecule has 2 unspecified atom stereocenters. The van der Waals surface area contributed by atoms with Crippen LogP contribution in [0.2, 0.25) is 0 Å². The molecule has 1 rings (SSSR count). The third kappa shape index (κ3) is 1.52. The first-order chi connectivity index (χ1) is 3.83. The van der Waals surface area contributed by atoms with Gasteiger partial charge < -0.3 is 5.73 Å². The maximum Gasteiger partial charge on any atom is 0.103 e. The van der Waals surface area contributed by atoms with Gasteiger partial charge in [-0.3, -0.25) is 5.32 Å².